The molecule has 0 radical (unpaired) electrons. The first kappa shape index (κ1) is 27.6. The number of halogens is 3. The second-order valence-electron chi connectivity index (χ2n) is 11.2. The van der Waals surface area contributed by atoms with Gasteiger partial charge in [-0.2, -0.15) is 5.10 Å². The van der Waals surface area contributed by atoms with Crippen molar-refractivity contribution in [2.24, 2.45) is 5.92 Å². The Balaban J connectivity index is 1.81. The minimum Gasteiger partial charge on any atom is -0.478 e. The Morgan fingerprint density at radius 1 is 1.18 bits per heavy atom. The number of carbonyl (C=O) groups is 1. The predicted molar refractivity (Wildman–Crippen MR) is 142 cm³/mol. The summed E-state index contributed by atoms with van der Waals surface area (Å²) in [6.07, 6.45) is 6.37. The summed E-state index contributed by atoms with van der Waals surface area (Å²) in [7, 11) is 0. The number of nitrogens with zero attached hydrogens (tertiary/aromatic N) is 3. The lowest BCUT2D eigenvalue weighted by atomic mass is 9.82. The van der Waals surface area contributed by atoms with Crippen molar-refractivity contribution in [3.8, 4) is 11.1 Å². The van der Waals surface area contributed by atoms with E-state index in [1.165, 1.54) is 13.8 Å². The van der Waals surface area contributed by atoms with Crippen LogP contribution in [0.25, 0.3) is 17.2 Å². The maximum Gasteiger partial charge on any atom is 0.328 e. The number of hydrogen-bond donors (Lipinski definition) is 1. The van der Waals surface area contributed by atoms with Crippen LogP contribution in [0.2, 0.25) is 0 Å². The smallest absolute Gasteiger partial charge is 0.328 e. The van der Waals surface area contributed by atoms with E-state index in [0.717, 1.165) is 53.1 Å². The van der Waals surface area contributed by atoms with Gasteiger partial charge in [0.25, 0.3) is 0 Å². The topological polar surface area (TPSA) is 58.4 Å². The second-order valence-corrected chi connectivity index (χ2v) is 11.2. The molecule has 2 aromatic carbocycles. The van der Waals surface area contributed by atoms with Gasteiger partial charge in [-0.05, 0) is 73.6 Å². The molecule has 0 saturated heterocycles. The highest BCUT2D eigenvalue weighted by Crippen LogP contribution is 2.42. The number of aromatic nitrogens is 2. The molecule has 3 aromatic rings. The molecule has 0 aliphatic carbocycles. The molecule has 0 amide bonds. The second kappa shape index (κ2) is 10.8. The van der Waals surface area contributed by atoms with Gasteiger partial charge in [-0.15, -0.1) is 0 Å². The number of hydrogen-bond acceptors (Lipinski definition) is 3. The molecule has 38 heavy (non-hydrogen) atoms. The molecule has 4 rings (SSSR count). The first-order chi connectivity index (χ1) is 17.8. The van der Waals surface area contributed by atoms with Gasteiger partial charge in [0.1, 0.15) is 17.3 Å². The minimum absolute atomic E-state index is 0.0124. The van der Waals surface area contributed by atoms with Crippen molar-refractivity contribution in [1.82, 2.24) is 14.7 Å². The highest BCUT2D eigenvalue weighted by molar-refractivity contribution is 5.85. The number of alkyl halides is 1. The monoisotopic (exact) mass is 525 g/mol. The minimum atomic E-state index is -1.59. The summed E-state index contributed by atoms with van der Waals surface area (Å²) in [5, 5.41) is 13.3. The van der Waals surface area contributed by atoms with Crippen LogP contribution in [0.1, 0.15) is 62.9 Å². The summed E-state index contributed by atoms with van der Waals surface area (Å²) in [6.45, 7) is 9.89. The molecule has 2 unspecified atom stereocenters. The van der Waals surface area contributed by atoms with E-state index in [9.17, 15) is 9.18 Å². The Morgan fingerprint density at radius 3 is 2.47 bits per heavy atom. The summed E-state index contributed by atoms with van der Waals surface area (Å²) < 4.78 is 47.9. The Kier molecular flexibility index (Phi) is 7.83. The first-order valence-electron chi connectivity index (χ1n) is 12.8. The van der Waals surface area contributed by atoms with Crippen molar-refractivity contribution in [2.75, 3.05) is 6.54 Å². The van der Waals surface area contributed by atoms with Crippen LogP contribution >= 0.6 is 0 Å². The zero-order chi connectivity index (χ0) is 27.8. The highest BCUT2D eigenvalue weighted by atomic mass is 19.1. The molecule has 0 saturated carbocycles. The van der Waals surface area contributed by atoms with Gasteiger partial charge in [0.2, 0.25) is 0 Å². The average molecular weight is 526 g/mol. The van der Waals surface area contributed by atoms with E-state index < -0.39 is 29.3 Å². The van der Waals surface area contributed by atoms with Crippen LogP contribution in [0.5, 0.6) is 0 Å². The van der Waals surface area contributed by atoms with Gasteiger partial charge in [0.05, 0.1) is 12.2 Å². The molecule has 0 bridgehead atoms. The SMILES string of the molecule is CC(C)Cn1cc(-c2ccc3c(c2)CC(C)N(CC(C)(C)F)C3c2c(F)cc(/C=C/C(=O)O)cc2F)cn1. The van der Waals surface area contributed by atoms with Crippen molar-refractivity contribution in [1.29, 1.82) is 0 Å². The predicted octanol–water partition coefficient (Wildman–Crippen LogP) is 6.67. The van der Waals surface area contributed by atoms with E-state index in [4.69, 9.17) is 5.11 Å². The number of fused-ring (bicyclic) bond motifs is 1. The summed E-state index contributed by atoms with van der Waals surface area (Å²) >= 11 is 0. The number of benzene rings is 2. The van der Waals surface area contributed by atoms with Gasteiger partial charge < -0.3 is 5.11 Å². The van der Waals surface area contributed by atoms with E-state index in [1.807, 2.05) is 47.1 Å². The molecular weight excluding hydrogens is 491 g/mol. The van der Waals surface area contributed by atoms with E-state index >= 15 is 8.78 Å². The number of aliphatic carboxylic acids is 1. The van der Waals surface area contributed by atoms with Crippen molar-refractivity contribution in [2.45, 2.75) is 65.3 Å². The molecule has 1 N–H and O–H groups in total. The molecule has 2 atom stereocenters. The van der Waals surface area contributed by atoms with Crippen LogP contribution in [-0.2, 0) is 17.8 Å². The van der Waals surface area contributed by atoms with Crippen molar-refractivity contribution in [3.05, 3.63) is 82.7 Å². The average Bonchev–Trinajstić information content (AvgIpc) is 3.25. The molecule has 1 aromatic heterocycles. The number of carboxylic acid groups (broad SMARTS) is 1. The Bertz CT molecular complexity index is 1330. The van der Waals surface area contributed by atoms with E-state index in [1.54, 1.807) is 0 Å². The van der Waals surface area contributed by atoms with Crippen LogP contribution in [0.3, 0.4) is 0 Å². The Morgan fingerprint density at radius 2 is 1.87 bits per heavy atom. The summed E-state index contributed by atoms with van der Waals surface area (Å²) in [5.74, 6) is -2.37. The lowest BCUT2D eigenvalue weighted by Gasteiger charge is -2.44. The standard InChI is InChI=1S/C30H34F3N3O2/c1-18(2)15-35-16-23(14-34-35)21-7-8-24-22(13-21)10-19(3)36(17-30(4,5)33)29(24)28-25(31)11-20(12-26(28)32)6-9-27(37)38/h6-9,11-14,16,18-19,29H,10,15,17H2,1-5H3,(H,37,38)/b9-6+. The zero-order valence-electron chi connectivity index (χ0n) is 22.4. The fourth-order valence-corrected chi connectivity index (χ4v) is 5.22. The summed E-state index contributed by atoms with van der Waals surface area (Å²) in [6, 6.07) is 7.02. The van der Waals surface area contributed by atoms with Crippen molar-refractivity contribution >= 4 is 12.0 Å². The van der Waals surface area contributed by atoms with Crippen LogP contribution in [-0.4, -0.2) is 44.0 Å². The lowest BCUT2D eigenvalue weighted by molar-refractivity contribution is -0.131. The van der Waals surface area contributed by atoms with Gasteiger partial charge in [-0.25, -0.2) is 18.0 Å². The van der Waals surface area contributed by atoms with Gasteiger partial charge in [0, 0.05) is 42.5 Å². The molecule has 1 aliphatic heterocycles. The third kappa shape index (κ3) is 6.18. The number of rotatable bonds is 8. The van der Waals surface area contributed by atoms with Gasteiger partial charge in [-0.3, -0.25) is 9.58 Å². The van der Waals surface area contributed by atoms with Crippen LogP contribution < -0.4 is 0 Å². The summed E-state index contributed by atoms with van der Waals surface area (Å²) in [5.41, 5.74) is 1.91. The maximum atomic E-state index is 15.5. The maximum absolute atomic E-state index is 15.5. The Hall–Kier alpha value is -3.39. The molecule has 2 heterocycles. The molecule has 1 aliphatic rings. The van der Waals surface area contributed by atoms with E-state index in [-0.39, 0.29) is 23.7 Å². The molecule has 5 nitrogen and oxygen atoms in total. The zero-order valence-corrected chi connectivity index (χ0v) is 22.4. The fraction of sp³-hybridized carbons (Fsp3) is 0.400. The summed E-state index contributed by atoms with van der Waals surface area (Å²) in [4.78, 5) is 12.7. The van der Waals surface area contributed by atoms with E-state index in [2.05, 4.69) is 18.9 Å². The van der Waals surface area contributed by atoms with Gasteiger partial charge in [0.15, 0.2) is 0 Å². The fourth-order valence-electron chi connectivity index (χ4n) is 5.22. The normalized spacial score (nSPS) is 18.3. The lowest BCUT2D eigenvalue weighted by Crippen LogP contribution is -2.48. The molecule has 202 valence electrons. The third-order valence-corrected chi connectivity index (χ3v) is 6.72. The Labute approximate surface area is 221 Å². The van der Waals surface area contributed by atoms with Crippen molar-refractivity contribution in [3.63, 3.8) is 0 Å². The number of carboxylic acids is 1. The van der Waals surface area contributed by atoms with Crippen molar-refractivity contribution < 1.29 is 23.1 Å². The van der Waals surface area contributed by atoms with Gasteiger partial charge >= 0.3 is 5.97 Å². The molecular formula is C30H34F3N3O2. The first-order valence-corrected chi connectivity index (χ1v) is 12.8. The highest BCUT2D eigenvalue weighted by Gasteiger charge is 2.39. The molecule has 0 fully saturated rings. The van der Waals surface area contributed by atoms with Gasteiger partial charge in [-0.1, -0.05) is 32.0 Å². The third-order valence-electron chi connectivity index (χ3n) is 6.72. The quantitative estimate of drug-likeness (QED) is 0.334. The largest absolute Gasteiger partial charge is 0.478 e. The van der Waals surface area contributed by atoms with Crippen LogP contribution in [0, 0.1) is 17.6 Å². The molecule has 0 spiro atoms. The molecule has 8 heteroatoms. The van der Waals surface area contributed by atoms with Crippen LogP contribution in [0.4, 0.5) is 13.2 Å². The van der Waals surface area contributed by atoms with E-state index in [0.29, 0.717) is 12.3 Å². The van der Waals surface area contributed by atoms with Crippen LogP contribution in [0.15, 0.2) is 48.8 Å².